The SMILES string of the molecule is CCCC[N+]1(OC)CCOCC1. The van der Waals surface area contributed by atoms with E-state index in [4.69, 9.17) is 9.57 Å². The fraction of sp³-hybridized carbons (Fsp3) is 1.00. The lowest BCUT2D eigenvalue weighted by molar-refractivity contribution is -1.11. The van der Waals surface area contributed by atoms with Crippen LogP contribution in [0.15, 0.2) is 0 Å². The summed E-state index contributed by atoms with van der Waals surface area (Å²) in [6, 6.07) is 0. The summed E-state index contributed by atoms with van der Waals surface area (Å²) in [6.07, 6.45) is 2.48. The molecule has 1 saturated heterocycles. The number of hydrogen-bond acceptors (Lipinski definition) is 2. The fourth-order valence-corrected chi connectivity index (χ4v) is 1.62. The van der Waals surface area contributed by atoms with E-state index < -0.39 is 0 Å². The zero-order valence-corrected chi connectivity index (χ0v) is 8.21. The van der Waals surface area contributed by atoms with Crippen molar-refractivity contribution in [3.8, 4) is 0 Å². The summed E-state index contributed by atoms with van der Waals surface area (Å²) in [5, 5.41) is 0. The summed E-state index contributed by atoms with van der Waals surface area (Å²) >= 11 is 0. The molecular weight excluding hydrogens is 154 g/mol. The van der Waals surface area contributed by atoms with Crippen molar-refractivity contribution in [3.63, 3.8) is 0 Å². The number of nitrogens with zero attached hydrogens (tertiary/aromatic N) is 1. The number of unbranched alkanes of at least 4 members (excludes halogenated alkanes) is 1. The molecule has 0 spiro atoms. The molecule has 0 aromatic carbocycles. The molecule has 0 N–H and O–H groups in total. The quantitative estimate of drug-likeness (QED) is 0.596. The molecule has 12 heavy (non-hydrogen) atoms. The van der Waals surface area contributed by atoms with E-state index in [0.29, 0.717) is 0 Å². The maximum atomic E-state index is 5.54. The minimum atomic E-state index is 0.799. The lowest BCUT2D eigenvalue weighted by Crippen LogP contribution is -2.54. The van der Waals surface area contributed by atoms with Gasteiger partial charge >= 0.3 is 0 Å². The van der Waals surface area contributed by atoms with Crippen molar-refractivity contribution in [2.24, 2.45) is 0 Å². The first kappa shape index (κ1) is 9.96. The molecule has 1 aliphatic rings. The Balaban J connectivity index is 2.37. The van der Waals surface area contributed by atoms with Crippen LogP contribution in [0.3, 0.4) is 0 Å². The van der Waals surface area contributed by atoms with Gasteiger partial charge in [-0.3, -0.25) is 0 Å². The van der Waals surface area contributed by atoms with Gasteiger partial charge in [-0.1, -0.05) is 13.3 Å². The molecule has 1 heterocycles. The van der Waals surface area contributed by atoms with Crippen molar-refractivity contribution >= 4 is 0 Å². The Labute approximate surface area is 74.8 Å². The Morgan fingerprint density at radius 2 is 2.00 bits per heavy atom. The van der Waals surface area contributed by atoms with Crippen LogP contribution in [0.4, 0.5) is 0 Å². The van der Waals surface area contributed by atoms with Crippen LogP contribution in [0.5, 0.6) is 0 Å². The minimum Gasteiger partial charge on any atom is -0.370 e. The molecular formula is C9H20NO2+. The van der Waals surface area contributed by atoms with Gasteiger partial charge in [0.2, 0.25) is 0 Å². The highest BCUT2D eigenvalue weighted by Gasteiger charge is 2.30. The van der Waals surface area contributed by atoms with Crippen LogP contribution < -0.4 is 0 Å². The van der Waals surface area contributed by atoms with E-state index in [2.05, 4.69) is 6.92 Å². The molecule has 1 fully saturated rings. The van der Waals surface area contributed by atoms with Gasteiger partial charge in [0, 0.05) is 0 Å². The largest absolute Gasteiger partial charge is 0.370 e. The normalized spacial score (nSPS) is 22.5. The second-order valence-corrected chi connectivity index (χ2v) is 3.38. The van der Waals surface area contributed by atoms with E-state index in [1.165, 1.54) is 12.8 Å². The zero-order valence-electron chi connectivity index (χ0n) is 8.21. The predicted molar refractivity (Wildman–Crippen MR) is 47.6 cm³/mol. The molecule has 1 aliphatic heterocycles. The molecule has 3 heteroatoms. The molecule has 0 aromatic heterocycles. The van der Waals surface area contributed by atoms with Gasteiger partial charge in [0.25, 0.3) is 0 Å². The highest BCUT2D eigenvalue weighted by Crippen LogP contribution is 2.12. The number of hydroxylamine groups is 3. The van der Waals surface area contributed by atoms with Gasteiger partial charge in [0.05, 0.1) is 20.3 Å². The molecule has 1 rings (SSSR count). The first-order chi connectivity index (χ1) is 5.83. The Hall–Kier alpha value is -0.120. The molecule has 3 nitrogen and oxygen atoms in total. The van der Waals surface area contributed by atoms with E-state index in [0.717, 1.165) is 37.5 Å². The van der Waals surface area contributed by atoms with Crippen molar-refractivity contribution < 1.29 is 14.2 Å². The molecule has 0 atom stereocenters. The van der Waals surface area contributed by atoms with E-state index in [9.17, 15) is 0 Å². The number of hydrogen-bond donors (Lipinski definition) is 0. The molecule has 0 amide bonds. The van der Waals surface area contributed by atoms with Crippen LogP contribution in [-0.4, -0.2) is 44.6 Å². The number of morpholine rings is 1. The van der Waals surface area contributed by atoms with Gasteiger partial charge in [0.1, 0.15) is 19.6 Å². The van der Waals surface area contributed by atoms with Gasteiger partial charge in [-0.15, -0.1) is 0 Å². The van der Waals surface area contributed by atoms with Crippen LogP contribution in [-0.2, 0) is 9.57 Å². The molecule has 72 valence electrons. The topological polar surface area (TPSA) is 18.5 Å². The average Bonchev–Trinajstić information content (AvgIpc) is 2.16. The Kier molecular flexibility index (Phi) is 3.98. The maximum Gasteiger partial charge on any atom is 0.132 e. The third kappa shape index (κ3) is 2.44. The minimum absolute atomic E-state index is 0.799. The maximum absolute atomic E-state index is 5.54. The highest BCUT2D eigenvalue weighted by molar-refractivity contribution is 4.44. The Morgan fingerprint density at radius 1 is 1.33 bits per heavy atom. The molecule has 0 radical (unpaired) electrons. The number of quaternary nitrogens is 1. The first-order valence-corrected chi connectivity index (χ1v) is 4.82. The highest BCUT2D eigenvalue weighted by atomic mass is 16.7. The third-order valence-corrected chi connectivity index (χ3v) is 2.59. The van der Waals surface area contributed by atoms with Gasteiger partial charge in [-0.2, -0.15) is 4.65 Å². The summed E-state index contributed by atoms with van der Waals surface area (Å²) in [5.74, 6) is 0. The van der Waals surface area contributed by atoms with Crippen LogP contribution in [0.1, 0.15) is 19.8 Å². The van der Waals surface area contributed by atoms with Crippen LogP contribution in [0, 0.1) is 0 Å². The third-order valence-electron chi connectivity index (χ3n) is 2.59. The monoisotopic (exact) mass is 174 g/mol. The van der Waals surface area contributed by atoms with Crippen molar-refractivity contribution in [2.75, 3.05) is 40.0 Å². The van der Waals surface area contributed by atoms with Gasteiger partial charge in [-0.25, -0.2) is 4.84 Å². The van der Waals surface area contributed by atoms with E-state index in [1.54, 1.807) is 7.11 Å². The molecule has 0 bridgehead atoms. The van der Waals surface area contributed by atoms with E-state index in [1.807, 2.05) is 0 Å². The molecule has 0 aliphatic carbocycles. The van der Waals surface area contributed by atoms with Crippen LogP contribution in [0.2, 0.25) is 0 Å². The van der Waals surface area contributed by atoms with Crippen molar-refractivity contribution in [1.29, 1.82) is 0 Å². The van der Waals surface area contributed by atoms with Crippen molar-refractivity contribution in [2.45, 2.75) is 19.8 Å². The number of ether oxygens (including phenoxy) is 1. The molecule has 0 saturated carbocycles. The lowest BCUT2D eigenvalue weighted by Gasteiger charge is -2.36. The summed E-state index contributed by atoms with van der Waals surface area (Å²) < 4.78 is 6.11. The van der Waals surface area contributed by atoms with Crippen LogP contribution >= 0.6 is 0 Å². The Morgan fingerprint density at radius 3 is 2.50 bits per heavy atom. The molecule has 0 aromatic rings. The first-order valence-electron chi connectivity index (χ1n) is 4.82. The van der Waals surface area contributed by atoms with Crippen molar-refractivity contribution in [1.82, 2.24) is 0 Å². The number of rotatable bonds is 4. The molecule has 0 unspecified atom stereocenters. The predicted octanol–water partition coefficient (Wildman–Crippen LogP) is 1.19. The fourth-order valence-electron chi connectivity index (χ4n) is 1.62. The van der Waals surface area contributed by atoms with Gasteiger partial charge < -0.3 is 4.74 Å². The summed E-state index contributed by atoms with van der Waals surface area (Å²) in [6.45, 7) is 7.06. The van der Waals surface area contributed by atoms with Gasteiger partial charge in [-0.05, 0) is 6.42 Å². The summed E-state index contributed by atoms with van der Waals surface area (Å²) in [7, 11) is 1.81. The summed E-state index contributed by atoms with van der Waals surface area (Å²) in [4.78, 5) is 5.54. The van der Waals surface area contributed by atoms with E-state index in [-0.39, 0.29) is 0 Å². The summed E-state index contributed by atoms with van der Waals surface area (Å²) in [5.41, 5.74) is 0. The standard InChI is InChI=1S/C9H20NO2/c1-3-4-5-10(11-2)6-8-12-9-7-10/h3-9H2,1-2H3/q+1. The van der Waals surface area contributed by atoms with Gasteiger partial charge in [0.15, 0.2) is 0 Å². The van der Waals surface area contributed by atoms with Crippen LogP contribution in [0.25, 0.3) is 0 Å². The lowest BCUT2D eigenvalue weighted by atomic mass is 10.3. The second-order valence-electron chi connectivity index (χ2n) is 3.38. The zero-order chi connectivity index (χ0) is 8.86. The van der Waals surface area contributed by atoms with E-state index >= 15 is 0 Å². The smallest absolute Gasteiger partial charge is 0.132 e. The average molecular weight is 174 g/mol. The Bertz CT molecular complexity index is 122. The van der Waals surface area contributed by atoms with Crippen molar-refractivity contribution in [3.05, 3.63) is 0 Å². The second kappa shape index (κ2) is 4.80.